The van der Waals surface area contributed by atoms with E-state index in [0.717, 1.165) is 18.2 Å². The van der Waals surface area contributed by atoms with Gasteiger partial charge in [-0.25, -0.2) is 12.8 Å². The molecule has 1 aromatic rings. The average Bonchev–Trinajstić information content (AvgIpc) is 2.37. The molecule has 0 aliphatic heterocycles. The summed E-state index contributed by atoms with van der Waals surface area (Å²) >= 11 is 5.72. The summed E-state index contributed by atoms with van der Waals surface area (Å²) in [5, 5.41) is 8.90. The summed E-state index contributed by atoms with van der Waals surface area (Å²) in [7, 11) is -4.22. The van der Waals surface area contributed by atoms with Crippen molar-refractivity contribution in [2.75, 3.05) is 0 Å². The van der Waals surface area contributed by atoms with Crippen molar-refractivity contribution in [2.45, 2.75) is 31.2 Å². The molecule has 0 radical (unpaired) electrons. The number of nitrogens with one attached hydrogen (secondary N) is 1. The van der Waals surface area contributed by atoms with Crippen LogP contribution in [0.1, 0.15) is 20.3 Å². The molecule has 0 unspecified atom stereocenters. The van der Waals surface area contributed by atoms with Crippen molar-refractivity contribution in [1.82, 2.24) is 4.72 Å². The lowest BCUT2D eigenvalue weighted by atomic mass is 10.0. The maximum Gasteiger partial charge on any atom is 0.322 e. The smallest absolute Gasteiger partial charge is 0.322 e. The minimum atomic E-state index is -4.22. The number of carboxylic acid groups (broad SMARTS) is 1. The molecule has 1 rings (SSSR count). The van der Waals surface area contributed by atoms with Crippen molar-refractivity contribution in [3.8, 4) is 0 Å². The fraction of sp³-hybridized carbons (Fsp3) is 0.417. The lowest BCUT2D eigenvalue weighted by Gasteiger charge is -2.20. The SMILES string of the molecule is CC[C@H](C)[C@H](NS(=O)(=O)c1cc(F)ccc1Cl)C(=O)O. The molecule has 0 aromatic heterocycles. The highest BCUT2D eigenvalue weighted by Gasteiger charge is 2.30. The zero-order valence-electron chi connectivity index (χ0n) is 10.9. The molecule has 0 saturated carbocycles. The number of aliphatic carboxylic acids is 1. The van der Waals surface area contributed by atoms with E-state index in [1.54, 1.807) is 13.8 Å². The van der Waals surface area contributed by atoms with Gasteiger partial charge >= 0.3 is 5.97 Å². The molecule has 0 amide bonds. The maximum absolute atomic E-state index is 13.1. The Labute approximate surface area is 121 Å². The number of halogens is 2. The van der Waals surface area contributed by atoms with Gasteiger partial charge in [0, 0.05) is 0 Å². The molecule has 0 spiro atoms. The summed E-state index contributed by atoms with van der Waals surface area (Å²) in [5.74, 6) is -2.49. The Morgan fingerprint density at radius 1 is 1.50 bits per heavy atom. The summed E-state index contributed by atoms with van der Waals surface area (Å²) in [4.78, 5) is 10.6. The predicted molar refractivity (Wildman–Crippen MR) is 72.6 cm³/mol. The summed E-state index contributed by atoms with van der Waals surface area (Å²) < 4.78 is 39.4. The largest absolute Gasteiger partial charge is 0.480 e. The Hall–Kier alpha value is -1.18. The van der Waals surface area contributed by atoms with E-state index in [1.165, 1.54) is 0 Å². The minimum Gasteiger partial charge on any atom is -0.480 e. The Kier molecular flexibility index (Phi) is 5.50. The molecule has 0 heterocycles. The first-order valence-electron chi connectivity index (χ1n) is 5.89. The van der Waals surface area contributed by atoms with Gasteiger partial charge in [-0.1, -0.05) is 31.9 Å². The van der Waals surface area contributed by atoms with E-state index in [4.69, 9.17) is 16.7 Å². The highest BCUT2D eigenvalue weighted by molar-refractivity contribution is 7.89. The first-order valence-corrected chi connectivity index (χ1v) is 7.75. The molecule has 20 heavy (non-hydrogen) atoms. The summed E-state index contributed by atoms with van der Waals surface area (Å²) in [6.07, 6.45) is 0.469. The fourth-order valence-electron chi connectivity index (χ4n) is 1.56. The highest BCUT2D eigenvalue weighted by atomic mass is 35.5. The van der Waals surface area contributed by atoms with Crippen molar-refractivity contribution in [3.05, 3.63) is 29.0 Å². The number of benzene rings is 1. The van der Waals surface area contributed by atoms with Crippen LogP contribution < -0.4 is 4.72 Å². The van der Waals surface area contributed by atoms with Gasteiger partial charge in [0.2, 0.25) is 10.0 Å². The standard InChI is InChI=1S/C12H15ClFNO4S/c1-3-7(2)11(12(16)17)15-20(18,19)10-6-8(14)4-5-9(10)13/h4-7,11,15H,3H2,1-2H3,(H,16,17)/t7-,11-/m0/s1. The first-order chi connectivity index (χ1) is 9.19. The van der Waals surface area contributed by atoms with E-state index in [1.807, 2.05) is 4.72 Å². The lowest BCUT2D eigenvalue weighted by Crippen LogP contribution is -2.44. The molecular formula is C12H15ClFNO4S. The Morgan fingerprint density at radius 3 is 2.60 bits per heavy atom. The third-order valence-corrected chi connectivity index (χ3v) is 4.87. The van der Waals surface area contributed by atoms with E-state index in [0.29, 0.717) is 6.42 Å². The van der Waals surface area contributed by atoms with Crippen molar-refractivity contribution >= 4 is 27.6 Å². The predicted octanol–water partition coefficient (Wildman–Crippen LogP) is 2.26. The summed E-state index contributed by atoms with van der Waals surface area (Å²) in [6.45, 7) is 3.35. The van der Waals surface area contributed by atoms with E-state index in [9.17, 15) is 17.6 Å². The molecule has 0 bridgehead atoms. The van der Waals surface area contributed by atoms with Gasteiger partial charge in [-0.05, 0) is 24.1 Å². The lowest BCUT2D eigenvalue weighted by molar-refractivity contribution is -0.140. The Morgan fingerprint density at radius 2 is 2.10 bits per heavy atom. The Balaban J connectivity index is 3.16. The quantitative estimate of drug-likeness (QED) is 0.841. The second-order valence-electron chi connectivity index (χ2n) is 4.40. The molecule has 0 fully saturated rings. The molecule has 0 saturated heterocycles. The van der Waals surface area contributed by atoms with Crippen molar-refractivity contribution in [1.29, 1.82) is 0 Å². The van der Waals surface area contributed by atoms with Crippen LogP contribution in [0.3, 0.4) is 0 Å². The van der Waals surface area contributed by atoms with Gasteiger partial charge in [0.05, 0.1) is 5.02 Å². The van der Waals surface area contributed by atoms with E-state index in [2.05, 4.69) is 0 Å². The van der Waals surface area contributed by atoms with Crippen molar-refractivity contribution in [2.24, 2.45) is 5.92 Å². The highest BCUT2D eigenvalue weighted by Crippen LogP contribution is 2.23. The maximum atomic E-state index is 13.1. The van der Waals surface area contributed by atoms with Crippen LogP contribution in [0.25, 0.3) is 0 Å². The normalized spacial score (nSPS) is 14.8. The minimum absolute atomic E-state index is 0.174. The van der Waals surface area contributed by atoms with Gasteiger partial charge in [0.1, 0.15) is 16.8 Å². The second kappa shape index (κ2) is 6.51. The number of hydrogen-bond donors (Lipinski definition) is 2. The van der Waals surface area contributed by atoms with Gasteiger partial charge in [-0.2, -0.15) is 4.72 Å². The van der Waals surface area contributed by atoms with Crippen LogP contribution in [-0.4, -0.2) is 25.5 Å². The van der Waals surface area contributed by atoms with Gasteiger partial charge in [0.25, 0.3) is 0 Å². The van der Waals surface area contributed by atoms with Crippen molar-refractivity contribution in [3.63, 3.8) is 0 Å². The molecule has 0 aliphatic rings. The van der Waals surface area contributed by atoms with Crippen molar-refractivity contribution < 1.29 is 22.7 Å². The fourth-order valence-corrected chi connectivity index (χ4v) is 3.37. The van der Waals surface area contributed by atoms with E-state index >= 15 is 0 Å². The molecule has 8 heteroatoms. The van der Waals surface area contributed by atoms with Gasteiger partial charge in [-0.15, -0.1) is 0 Å². The first kappa shape index (κ1) is 16.9. The number of sulfonamides is 1. The average molecular weight is 324 g/mol. The molecule has 2 N–H and O–H groups in total. The summed E-state index contributed by atoms with van der Waals surface area (Å²) in [6, 6.07) is 1.57. The van der Waals surface area contributed by atoms with Crippen LogP contribution >= 0.6 is 11.6 Å². The number of carbonyl (C=O) groups is 1. The van der Waals surface area contributed by atoms with Crippen LogP contribution in [0.2, 0.25) is 5.02 Å². The van der Waals surface area contributed by atoms with Crippen LogP contribution in [0.4, 0.5) is 4.39 Å². The molecular weight excluding hydrogens is 309 g/mol. The van der Waals surface area contributed by atoms with E-state index < -0.39 is 38.7 Å². The monoisotopic (exact) mass is 323 g/mol. The van der Waals surface area contributed by atoms with Crippen LogP contribution in [-0.2, 0) is 14.8 Å². The molecule has 112 valence electrons. The molecule has 5 nitrogen and oxygen atoms in total. The zero-order valence-corrected chi connectivity index (χ0v) is 12.5. The van der Waals surface area contributed by atoms with Gasteiger partial charge in [0.15, 0.2) is 0 Å². The van der Waals surface area contributed by atoms with Crippen LogP contribution in [0.15, 0.2) is 23.1 Å². The number of carboxylic acids is 1. The van der Waals surface area contributed by atoms with Gasteiger partial charge in [-0.3, -0.25) is 4.79 Å². The topological polar surface area (TPSA) is 83.5 Å². The number of rotatable bonds is 6. The van der Waals surface area contributed by atoms with E-state index in [-0.39, 0.29) is 5.02 Å². The molecule has 1 aromatic carbocycles. The zero-order chi connectivity index (χ0) is 15.5. The van der Waals surface area contributed by atoms with Crippen LogP contribution in [0, 0.1) is 11.7 Å². The third-order valence-electron chi connectivity index (χ3n) is 2.94. The summed E-state index contributed by atoms with van der Waals surface area (Å²) in [5.41, 5.74) is 0. The number of hydrogen-bond acceptors (Lipinski definition) is 3. The van der Waals surface area contributed by atoms with Crippen LogP contribution in [0.5, 0.6) is 0 Å². The second-order valence-corrected chi connectivity index (χ2v) is 6.49. The molecule has 2 atom stereocenters. The third kappa shape index (κ3) is 3.91. The molecule has 0 aliphatic carbocycles. The van der Waals surface area contributed by atoms with Gasteiger partial charge < -0.3 is 5.11 Å². The Bertz CT molecular complexity index is 605.